The monoisotopic (exact) mass is 261 g/mol. The van der Waals surface area contributed by atoms with E-state index < -0.39 is 10.1 Å². The molecule has 1 rings (SSSR count). The van der Waals surface area contributed by atoms with Crippen LogP contribution in [0, 0.1) is 11.6 Å². The Balaban J connectivity index is 3.47. The second-order valence-electron chi connectivity index (χ2n) is 2.19. The molecule has 0 amide bonds. The van der Waals surface area contributed by atoms with Gasteiger partial charge in [-0.1, -0.05) is 23.2 Å². The molecule has 0 radical (unpaired) electrons. The fourth-order valence-electron chi connectivity index (χ4n) is 0.689. The normalized spacial score (nSPS) is 11.7. The van der Waals surface area contributed by atoms with Crippen LogP contribution in [0.25, 0.3) is 0 Å². The van der Waals surface area contributed by atoms with E-state index in [0.29, 0.717) is 0 Å². The molecule has 72 valence electrons. The summed E-state index contributed by atoms with van der Waals surface area (Å²) in [5.74, 6) is 0. The summed E-state index contributed by atoms with van der Waals surface area (Å²) < 4.78 is 30.0. The van der Waals surface area contributed by atoms with Crippen molar-refractivity contribution in [1.82, 2.24) is 0 Å². The summed E-state index contributed by atoms with van der Waals surface area (Å²) in [7, 11) is -4.27. The molecule has 0 fully saturated rings. The largest absolute Gasteiger partial charge is 0.294 e. The Morgan fingerprint density at radius 1 is 1.31 bits per heavy atom. The van der Waals surface area contributed by atoms with Gasteiger partial charge in [0.2, 0.25) is 5.02 Å². The topological polar surface area (TPSA) is 54.4 Å². The Morgan fingerprint density at radius 3 is 2.23 bits per heavy atom. The molecule has 0 spiro atoms. The molecule has 0 saturated carbocycles. The number of rotatable bonds is 1. The minimum Gasteiger partial charge on any atom is -0.282 e. The van der Waals surface area contributed by atoms with Crippen LogP contribution in [0.3, 0.4) is 0 Å². The molecule has 0 aliphatic rings. The van der Waals surface area contributed by atoms with Crippen LogP contribution in [0.2, 0.25) is 15.1 Å². The summed E-state index contributed by atoms with van der Waals surface area (Å²) in [6, 6.07) is 2.11. The van der Waals surface area contributed by atoms with Crippen molar-refractivity contribution in [3.63, 3.8) is 0 Å². The zero-order valence-corrected chi connectivity index (χ0v) is 9.14. The molecule has 0 aliphatic carbocycles. The first kappa shape index (κ1) is 11.1. The lowest BCUT2D eigenvalue weighted by atomic mass is 10.4. The van der Waals surface area contributed by atoms with E-state index in [-0.39, 0.29) is 20.0 Å². The molecular weight excluding hydrogens is 258 g/mol. The van der Waals surface area contributed by atoms with Crippen molar-refractivity contribution in [3.05, 3.63) is 27.2 Å². The van der Waals surface area contributed by atoms with Crippen molar-refractivity contribution < 1.29 is 24.6 Å². The van der Waals surface area contributed by atoms with Gasteiger partial charge in [0.05, 0.1) is 5.02 Å². The predicted octanol–water partition coefficient (Wildman–Crippen LogP) is 1.94. The molecule has 1 aromatic carbocycles. The lowest BCUT2D eigenvalue weighted by Crippen LogP contribution is -1.98. The third kappa shape index (κ3) is 2.48. The lowest BCUT2D eigenvalue weighted by molar-refractivity contribution is -0.289. The van der Waals surface area contributed by atoms with Gasteiger partial charge >= 0.3 is 0 Å². The molecule has 3 nitrogen and oxygen atoms in total. The standard InChI is InChI=1S/C6H3Cl3O3S/c7-4-1-3(13(10,11)12)2-5(8)6(4)9/h1-2,7H/p+1. The summed E-state index contributed by atoms with van der Waals surface area (Å²) in [6.07, 6.45) is 0. The van der Waals surface area contributed by atoms with Crippen LogP contribution in [0.4, 0.5) is 0 Å². The van der Waals surface area contributed by atoms with Crippen molar-refractivity contribution in [2.45, 2.75) is 4.90 Å². The molecule has 0 aliphatic heterocycles. The zero-order valence-electron chi connectivity index (χ0n) is 5.99. The summed E-state index contributed by atoms with van der Waals surface area (Å²) in [4.78, 5) is -0.355. The maximum Gasteiger partial charge on any atom is 0.294 e. The smallest absolute Gasteiger partial charge is 0.282 e. The van der Waals surface area contributed by atoms with Gasteiger partial charge in [-0.05, 0) is 6.07 Å². The second kappa shape index (κ2) is 3.63. The van der Waals surface area contributed by atoms with E-state index in [2.05, 4.69) is 0 Å². The van der Waals surface area contributed by atoms with Gasteiger partial charge in [-0.15, -0.1) is 0 Å². The highest BCUT2D eigenvalue weighted by molar-refractivity contribution is 7.85. The summed E-state index contributed by atoms with van der Waals surface area (Å²) in [6.45, 7) is 0. The molecule has 0 bridgehead atoms. The van der Waals surface area contributed by atoms with Gasteiger partial charge in [0.1, 0.15) is 9.92 Å². The van der Waals surface area contributed by atoms with E-state index in [1.165, 1.54) is 0 Å². The van der Waals surface area contributed by atoms with Gasteiger partial charge in [0.25, 0.3) is 10.1 Å². The molecule has 0 saturated heterocycles. The van der Waals surface area contributed by atoms with Crippen molar-refractivity contribution >= 4 is 33.3 Å². The lowest BCUT2D eigenvalue weighted by Gasteiger charge is -1.98. The van der Waals surface area contributed by atoms with Crippen LogP contribution in [-0.2, 0) is 10.1 Å². The van der Waals surface area contributed by atoms with Gasteiger partial charge in [-0.2, -0.15) is 8.42 Å². The molecule has 1 N–H and O–H groups in total. The average Bonchev–Trinajstić information content (AvgIpc) is 1.97. The van der Waals surface area contributed by atoms with E-state index in [9.17, 15) is 8.42 Å². The van der Waals surface area contributed by atoms with E-state index >= 15 is 0 Å². The number of hydrogen-bond acceptors (Lipinski definition) is 2. The molecular formula is C6H4Cl3O3S+. The van der Waals surface area contributed by atoms with Crippen LogP contribution in [0.15, 0.2) is 17.0 Å². The predicted molar refractivity (Wildman–Crippen MR) is 46.8 cm³/mol. The molecule has 0 atom stereocenters. The molecule has 0 aromatic heterocycles. The summed E-state index contributed by atoms with van der Waals surface area (Å²) >= 11 is 15.8. The second-order valence-corrected chi connectivity index (χ2v) is 4.84. The average molecular weight is 263 g/mol. The first-order chi connectivity index (χ1) is 5.82. The minimum absolute atomic E-state index is 0.00166. The maximum atomic E-state index is 10.7. The summed E-state index contributed by atoms with van der Waals surface area (Å²) in [5.41, 5.74) is 0. The first-order valence-corrected chi connectivity index (χ1v) is 5.56. The van der Waals surface area contributed by atoms with Gasteiger partial charge in [-0.25, -0.2) is 0 Å². The Labute approximate surface area is 90.0 Å². The van der Waals surface area contributed by atoms with Crippen molar-refractivity contribution in [2.75, 3.05) is 0 Å². The van der Waals surface area contributed by atoms with Gasteiger partial charge < -0.3 is 0 Å². The molecule has 7 heteroatoms. The van der Waals surface area contributed by atoms with Gasteiger partial charge in [-0.3, -0.25) is 4.55 Å². The van der Waals surface area contributed by atoms with Gasteiger partial charge in [0, 0.05) is 6.07 Å². The molecule has 13 heavy (non-hydrogen) atoms. The number of hydrogen-bond donors (Lipinski definition) is 1. The van der Waals surface area contributed by atoms with Crippen LogP contribution >= 0.6 is 23.2 Å². The van der Waals surface area contributed by atoms with Crippen molar-refractivity contribution in [3.8, 4) is 0 Å². The molecule has 0 heterocycles. The van der Waals surface area contributed by atoms with E-state index in [4.69, 9.17) is 39.4 Å². The van der Waals surface area contributed by atoms with Crippen molar-refractivity contribution in [1.29, 1.82) is 0 Å². The fourth-order valence-corrected chi connectivity index (χ4v) is 1.98. The first-order valence-electron chi connectivity index (χ1n) is 2.96. The fraction of sp³-hybridized carbons (Fsp3) is 0. The van der Waals surface area contributed by atoms with Crippen LogP contribution in [0.5, 0.6) is 0 Å². The molecule has 0 unspecified atom stereocenters. The van der Waals surface area contributed by atoms with Crippen LogP contribution in [-0.4, -0.2) is 13.0 Å². The quantitative estimate of drug-likeness (QED) is 0.621. The highest BCUT2D eigenvalue weighted by Crippen LogP contribution is 2.29. The SMILES string of the molecule is O=S(=O)(O)c1cc(Cl)c(Cl)c([ClH+])c1. The molecule has 1 aromatic rings. The van der Waals surface area contributed by atoms with Crippen molar-refractivity contribution in [2.24, 2.45) is 0 Å². The van der Waals surface area contributed by atoms with Crippen LogP contribution in [0.1, 0.15) is 0 Å². The highest BCUT2D eigenvalue weighted by Gasteiger charge is 2.18. The highest BCUT2D eigenvalue weighted by atomic mass is 35.5. The van der Waals surface area contributed by atoms with E-state index in [1.807, 2.05) is 0 Å². The van der Waals surface area contributed by atoms with Crippen LogP contribution < -0.4 is 0 Å². The Morgan fingerprint density at radius 2 is 1.85 bits per heavy atom. The minimum atomic E-state index is -4.27. The summed E-state index contributed by atoms with van der Waals surface area (Å²) in [5, 5.41) is 0.188. The third-order valence-electron chi connectivity index (χ3n) is 1.27. The maximum absolute atomic E-state index is 10.7. The Kier molecular flexibility index (Phi) is 3.09. The zero-order chi connectivity index (χ0) is 10.2. The van der Waals surface area contributed by atoms with E-state index in [0.717, 1.165) is 12.1 Å². The number of benzene rings is 1. The van der Waals surface area contributed by atoms with E-state index in [1.54, 1.807) is 0 Å². The number of halogens is 3. The Bertz CT molecular complexity index is 417. The third-order valence-corrected chi connectivity index (χ3v) is 3.33. The Hall–Kier alpha value is -0.000000000000000167. The van der Waals surface area contributed by atoms with Gasteiger partial charge in [0.15, 0.2) is 11.6 Å².